The number of rotatable bonds is 6. The van der Waals surface area contributed by atoms with Crippen molar-refractivity contribution in [3.05, 3.63) is 64.2 Å². The van der Waals surface area contributed by atoms with Gasteiger partial charge in [-0.25, -0.2) is 0 Å². The lowest BCUT2D eigenvalue weighted by Crippen LogP contribution is -2.48. The van der Waals surface area contributed by atoms with Crippen LogP contribution in [0.5, 0.6) is 0 Å². The number of thiocarbonyl (C=S) groups is 1. The zero-order chi connectivity index (χ0) is 20.0. The van der Waals surface area contributed by atoms with Crippen LogP contribution in [-0.4, -0.2) is 22.0 Å². The second-order valence-electron chi connectivity index (χ2n) is 6.40. The van der Waals surface area contributed by atoms with Crippen LogP contribution in [-0.2, 0) is 4.79 Å². The largest absolute Gasteiger partial charge is 0.350 e. The summed E-state index contributed by atoms with van der Waals surface area (Å²) in [4.78, 5) is 23.3. The van der Waals surface area contributed by atoms with Crippen LogP contribution >= 0.6 is 12.2 Å². The van der Waals surface area contributed by atoms with Gasteiger partial charge in [0.2, 0.25) is 5.91 Å². The summed E-state index contributed by atoms with van der Waals surface area (Å²) in [6.07, 6.45) is 0. The molecule has 0 aromatic heterocycles. The predicted molar refractivity (Wildman–Crippen MR) is 111 cm³/mol. The van der Waals surface area contributed by atoms with E-state index >= 15 is 0 Å². The Labute approximate surface area is 163 Å². The van der Waals surface area contributed by atoms with Crippen LogP contribution in [0, 0.1) is 23.0 Å². The van der Waals surface area contributed by atoms with Crippen molar-refractivity contribution in [1.82, 2.24) is 5.32 Å². The third-order valence-electron chi connectivity index (χ3n) is 3.99. The molecular formula is C19H22N4O3S. The average Bonchev–Trinajstić information content (AvgIpc) is 2.61. The first-order chi connectivity index (χ1) is 12.8. The first kappa shape index (κ1) is 20.3. The van der Waals surface area contributed by atoms with Gasteiger partial charge >= 0.3 is 0 Å². The summed E-state index contributed by atoms with van der Waals surface area (Å²) < 4.78 is 0. The quantitative estimate of drug-likeness (QED) is 0.396. The zero-order valence-corrected chi connectivity index (χ0v) is 16.2. The van der Waals surface area contributed by atoms with Crippen molar-refractivity contribution in [3.63, 3.8) is 0 Å². The van der Waals surface area contributed by atoms with Crippen LogP contribution < -0.4 is 16.0 Å². The second kappa shape index (κ2) is 9.09. The number of anilines is 2. The first-order valence-electron chi connectivity index (χ1n) is 8.47. The SMILES string of the molecule is Cc1ccccc1NC(=O)[C@H](NC(=S)Nc1ccccc1[N+](=O)[O-])C(C)C. The van der Waals surface area contributed by atoms with E-state index in [-0.39, 0.29) is 28.3 Å². The number of nitrogens with zero attached hydrogens (tertiary/aromatic N) is 1. The predicted octanol–water partition coefficient (Wildman–Crippen LogP) is 3.85. The number of nitro groups is 1. The van der Waals surface area contributed by atoms with Crippen molar-refractivity contribution < 1.29 is 9.72 Å². The van der Waals surface area contributed by atoms with Crippen LogP contribution in [0.15, 0.2) is 48.5 Å². The molecule has 0 spiro atoms. The molecule has 142 valence electrons. The summed E-state index contributed by atoms with van der Waals surface area (Å²) in [5, 5.41) is 19.9. The molecule has 0 radical (unpaired) electrons. The van der Waals surface area contributed by atoms with Crippen LogP contribution in [0.25, 0.3) is 0 Å². The van der Waals surface area contributed by atoms with Crippen molar-refractivity contribution in [2.75, 3.05) is 10.6 Å². The molecule has 0 bridgehead atoms. The van der Waals surface area contributed by atoms with E-state index in [1.54, 1.807) is 18.2 Å². The molecule has 3 N–H and O–H groups in total. The highest BCUT2D eigenvalue weighted by molar-refractivity contribution is 7.80. The van der Waals surface area contributed by atoms with E-state index in [1.807, 2.05) is 45.0 Å². The molecule has 0 aliphatic rings. The minimum Gasteiger partial charge on any atom is -0.350 e. The Hall–Kier alpha value is -3.00. The number of aryl methyl sites for hydroxylation is 1. The fraction of sp³-hybridized carbons (Fsp3) is 0.263. The maximum Gasteiger partial charge on any atom is 0.292 e. The molecule has 27 heavy (non-hydrogen) atoms. The van der Waals surface area contributed by atoms with Gasteiger partial charge in [0.15, 0.2) is 5.11 Å². The standard InChI is InChI=1S/C19H22N4O3S/c1-12(2)17(18(24)20-14-9-5-4-8-13(14)3)22-19(27)21-15-10-6-7-11-16(15)23(25)26/h4-12,17H,1-3H3,(H,20,24)(H2,21,22,27)/t17-/m1/s1. The Balaban J connectivity index is 2.09. The highest BCUT2D eigenvalue weighted by Gasteiger charge is 2.24. The minimum atomic E-state index is -0.604. The first-order valence-corrected chi connectivity index (χ1v) is 8.88. The van der Waals surface area contributed by atoms with Gasteiger partial charge in [-0.15, -0.1) is 0 Å². The lowest BCUT2D eigenvalue weighted by Gasteiger charge is -2.24. The Morgan fingerprint density at radius 3 is 2.22 bits per heavy atom. The van der Waals surface area contributed by atoms with E-state index < -0.39 is 11.0 Å². The molecule has 0 heterocycles. The van der Waals surface area contributed by atoms with Gasteiger partial charge in [-0.1, -0.05) is 44.2 Å². The lowest BCUT2D eigenvalue weighted by molar-refractivity contribution is -0.383. The van der Waals surface area contributed by atoms with Crippen LogP contribution in [0.4, 0.5) is 17.1 Å². The van der Waals surface area contributed by atoms with Gasteiger partial charge in [-0.3, -0.25) is 14.9 Å². The molecule has 0 unspecified atom stereocenters. The van der Waals surface area contributed by atoms with Gasteiger partial charge in [-0.05, 0) is 42.8 Å². The maximum absolute atomic E-state index is 12.7. The van der Waals surface area contributed by atoms with E-state index in [1.165, 1.54) is 6.07 Å². The van der Waals surface area contributed by atoms with Crippen molar-refractivity contribution in [1.29, 1.82) is 0 Å². The van der Waals surface area contributed by atoms with Gasteiger partial charge in [-0.2, -0.15) is 0 Å². The van der Waals surface area contributed by atoms with Gasteiger partial charge in [0.25, 0.3) is 5.69 Å². The molecule has 1 amide bonds. The van der Waals surface area contributed by atoms with Gasteiger partial charge in [0.1, 0.15) is 11.7 Å². The minimum absolute atomic E-state index is 0.0560. The highest BCUT2D eigenvalue weighted by atomic mass is 32.1. The molecule has 0 aliphatic carbocycles. The summed E-state index contributed by atoms with van der Waals surface area (Å²) in [6.45, 7) is 5.69. The number of nitrogens with one attached hydrogen (secondary N) is 3. The molecule has 2 aromatic rings. The normalized spacial score (nSPS) is 11.6. The third-order valence-corrected chi connectivity index (χ3v) is 4.21. The fourth-order valence-electron chi connectivity index (χ4n) is 2.50. The summed E-state index contributed by atoms with van der Waals surface area (Å²) in [5.41, 5.74) is 1.86. The summed E-state index contributed by atoms with van der Waals surface area (Å²) >= 11 is 5.26. The smallest absolute Gasteiger partial charge is 0.292 e. The van der Waals surface area contributed by atoms with Crippen molar-refractivity contribution in [3.8, 4) is 0 Å². The molecule has 1 atom stereocenters. The number of nitro benzene ring substituents is 1. The van der Waals surface area contributed by atoms with Crippen molar-refractivity contribution in [2.45, 2.75) is 26.8 Å². The summed E-state index contributed by atoms with van der Waals surface area (Å²) in [6, 6.07) is 13.1. The molecule has 2 rings (SSSR count). The van der Waals surface area contributed by atoms with E-state index in [0.717, 1.165) is 11.3 Å². The van der Waals surface area contributed by atoms with Crippen LogP contribution in [0.3, 0.4) is 0 Å². The Morgan fingerprint density at radius 2 is 1.63 bits per heavy atom. The van der Waals surface area contributed by atoms with Gasteiger partial charge < -0.3 is 16.0 Å². The summed E-state index contributed by atoms with van der Waals surface area (Å²) in [7, 11) is 0. The number of hydrogen-bond acceptors (Lipinski definition) is 4. The monoisotopic (exact) mass is 386 g/mol. The molecule has 7 nitrogen and oxygen atoms in total. The van der Waals surface area contributed by atoms with Gasteiger partial charge in [0.05, 0.1) is 4.92 Å². The van der Waals surface area contributed by atoms with E-state index in [2.05, 4.69) is 16.0 Å². The molecule has 0 fully saturated rings. The number of amides is 1. The average molecular weight is 386 g/mol. The Kier molecular flexibility index (Phi) is 6.84. The molecule has 0 saturated heterocycles. The number of benzene rings is 2. The number of hydrogen-bond donors (Lipinski definition) is 3. The Morgan fingerprint density at radius 1 is 1.04 bits per heavy atom. The van der Waals surface area contributed by atoms with Gasteiger partial charge in [0, 0.05) is 11.8 Å². The molecule has 2 aromatic carbocycles. The molecule has 0 aliphatic heterocycles. The van der Waals surface area contributed by atoms with E-state index in [0.29, 0.717) is 0 Å². The van der Waals surface area contributed by atoms with E-state index in [4.69, 9.17) is 12.2 Å². The van der Waals surface area contributed by atoms with E-state index in [9.17, 15) is 14.9 Å². The summed E-state index contributed by atoms with van der Waals surface area (Å²) in [5.74, 6) is -0.287. The lowest BCUT2D eigenvalue weighted by atomic mass is 10.0. The number of para-hydroxylation sites is 3. The topological polar surface area (TPSA) is 96.3 Å². The number of carbonyl (C=O) groups excluding carboxylic acids is 1. The van der Waals surface area contributed by atoms with Crippen LogP contribution in [0.1, 0.15) is 19.4 Å². The molecular weight excluding hydrogens is 364 g/mol. The Bertz CT molecular complexity index is 854. The second-order valence-corrected chi connectivity index (χ2v) is 6.81. The molecule has 8 heteroatoms. The third kappa shape index (κ3) is 5.49. The number of carbonyl (C=O) groups is 1. The maximum atomic E-state index is 12.7. The zero-order valence-electron chi connectivity index (χ0n) is 15.4. The van der Waals surface area contributed by atoms with Crippen LogP contribution in [0.2, 0.25) is 0 Å². The van der Waals surface area contributed by atoms with Crippen molar-refractivity contribution >= 4 is 40.3 Å². The van der Waals surface area contributed by atoms with Crippen molar-refractivity contribution in [2.24, 2.45) is 5.92 Å². The highest BCUT2D eigenvalue weighted by Crippen LogP contribution is 2.23. The molecule has 0 saturated carbocycles. The fourth-order valence-corrected chi connectivity index (χ4v) is 2.73.